The van der Waals surface area contributed by atoms with Crippen LogP contribution >= 0.6 is 0 Å². The fourth-order valence-electron chi connectivity index (χ4n) is 4.09. The van der Waals surface area contributed by atoms with Crippen LogP contribution < -0.4 is 10.4 Å². The van der Waals surface area contributed by atoms with Crippen molar-refractivity contribution in [2.24, 2.45) is 0 Å². The van der Waals surface area contributed by atoms with Crippen molar-refractivity contribution >= 4 is 26.8 Å². The standard InChI is InChI=1S/C23H22O7S/c1-28-17-9-10-19-16(13-21(24)30-20(19)14-17)15-29-22(25)23(11-5-6-12-23)31(26,27)18-7-3-2-4-8-18/h2-4,7-10,13-14H,5-6,11-12,15H2,1H3. The van der Waals surface area contributed by atoms with Crippen molar-refractivity contribution in [1.82, 2.24) is 0 Å². The number of sulfone groups is 1. The predicted molar refractivity (Wildman–Crippen MR) is 114 cm³/mol. The number of carbonyl (C=O) groups excluding carboxylic acids is 1. The molecule has 0 aliphatic heterocycles. The van der Waals surface area contributed by atoms with Crippen molar-refractivity contribution in [1.29, 1.82) is 0 Å². The molecule has 7 nitrogen and oxygen atoms in total. The van der Waals surface area contributed by atoms with Gasteiger partial charge in [0, 0.05) is 23.1 Å². The van der Waals surface area contributed by atoms with Crippen LogP contribution in [-0.2, 0) is 26.0 Å². The monoisotopic (exact) mass is 442 g/mol. The number of ether oxygens (including phenoxy) is 2. The number of esters is 1. The van der Waals surface area contributed by atoms with Crippen molar-refractivity contribution in [3.63, 3.8) is 0 Å². The Hall–Kier alpha value is -3.13. The number of hydrogen-bond acceptors (Lipinski definition) is 7. The van der Waals surface area contributed by atoms with Gasteiger partial charge in [0.15, 0.2) is 14.6 Å². The van der Waals surface area contributed by atoms with Crippen LogP contribution in [0.1, 0.15) is 31.2 Å². The molecule has 1 fully saturated rings. The SMILES string of the molecule is COc1ccc2c(COC(=O)C3(S(=O)(=O)c4ccccc4)CCCC3)cc(=O)oc2c1. The van der Waals surface area contributed by atoms with Gasteiger partial charge in [-0.2, -0.15) is 0 Å². The molecule has 31 heavy (non-hydrogen) atoms. The maximum atomic E-state index is 13.4. The summed E-state index contributed by atoms with van der Waals surface area (Å²) in [6.07, 6.45) is 1.66. The first-order valence-corrected chi connectivity index (χ1v) is 11.4. The van der Waals surface area contributed by atoms with E-state index in [-0.39, 0.29) is 24.3 Å². The Kier molecular flexibility index (Phi) is 5.58. The molecule has 4 rings (SSSR count). The van der Waals surface area contributed by atoms with E-state index in [1.165, 1.54) is 25.3 Å². The third-order valence-corrected chi connectivity index (χ3v) is 8.24. The van der Waals surface area contributed by atoms with Crippen molar-refractivity contribution in [2.75, 3.05) is 7.11 Å². The van der Waals surface area contributed by atoms with E-state index in [4.69, 9.17) is 13.9 Å². The van der Waals surface area contributed by atoms with E-state index in [9.17, 15) is 18.0 Å². The van der Waals surface area contributed by atoms with Gasteiger partial charge in [-0.1, -0.05) is 31.0 Å². The normalized spacial score (nSPS) is 15.6. The molecule has 0 radical (unpaired) electrons. The van der Waals surface area contributed by atoms with E-state index in [2.05, 4.69) is 0 Å². The fraction of sp³-hybridized carbons (Fsp3) is 0.304. The van der Waals surface area contributed by atoms with Gasteiger partial charge in [-0.15, -0.1) is 0 Å². The molecule has 1 heterocycles. The second-order valence-electron chi connectivity index (χ2n) is 7.55. The molecule has 8 heteroatoms. The van der Waals surface area contributed by atoms with Gasteiger partial charge < -0.3 is 13.9 Å². The smallest absolute Gasteiger partial charge is 0.336 e. The summed E-state index contributed by atoms with van der Waals surface area (Å²) in [6.45, 7) is -0.237. The third-order valence-electron chi connectivity index (χ3n) is 5.75. The number of methoxy groups -OCH3 is 1. The highest BCUT2D eigenvalue weighted by molar-refractivity contribution is 7.93. The lowest BCUT2D eigenvalue weighted by molar-refractivity contribution is -0.148. The highest BCUT2D eigenvalue weighted by atomic mass is 32.2. The van der Waals surface area contributed by atoms with Crippen LogP contribution in [0.2, 0.25) is 0 Å². The summed E-state index contributed by atoms with van der Waals surface area (Å²) in [5, 5.41) is 0.583. The molecule has 0 unspecified atom stereocenters. The summed E-state index contributed by atoms with van der Waals surface area (Å²) in [5.74, 6) is -0.271. The van der Waals surface area contributed by atoms with Gasteiger partial charge in [0.1, 0.15) is 17.9 Å². The summed E-state index contributed by atoms with van der Waals surface area (Å²) >= 11 is 0. The first-order chi connectivity index (χ1) is 14.9. The third kappa shape index (κ3) is 3.72. The van der Waals surface area contributed by atoms with Gasteiger partial charge in [-0.3, -0.25) is 4.79 Å². The molecule has 0 atom stereocenters. The van der Waals surface area contributed by atoms with Crippen LogP contribution in [0.25, 0.3) is 11.0 Å². The number of rotatable bonds is 6. The van der Waals surface area contributed by atoms with Gasteiger partial charge in [-0.05, 0) is 37.1 Å². The van der Waals surface area contributed by atoms with Crippen LogP contribution in [-0.4, -0.2) is 26.2 Å². The lowest BCUT2D eigenvalue weighted by Crippen LogP contribution is -2.45. The highest BCUT2D eigenvalue weighted by Gasteiger charge is 2.54. The van der Waals surface area contributed by atoms with E-state index in [0.717, 1.165) is 0 Å². The summed E-state index contributed by atoms with van der Waals surface area (Å²) < 4.78 is 41.0. The molecule has 1 aromatic heterocycles. The van der Waals surface area contributed by atoms with Crippen molar-refractivity contribution in [2.45, 2.75) is 41.9 Å². The Balaban J connectivity index is 1.65. The largest absolute Gasteiger partial charge is 0.497 e. The first-order valence-electron chi connectivity index (χ1n) is 9.95. The second kappa shape index (κ2) is 8.19. The quantitative estimate of drug-likeness (QED) is 0.424. The topological polar surface area (TPSA) is 99.9 Å². The van der Waals surface area contributed by atoms with Crippen LogP contribution in [0.15, 0.2) is 68.7 Å². The maximum Gasteiger partial charge on any atom is 0.336 e. The molecule has 1 aliphatic carbocycles. The zero-order valence-electron chi connectivity index (χ0n) is 17.0. The zero-order chi connectivity index (χ0) is 22.1. The summed E-state index contributed by atoms with van der Waals surface area (Å²) in [7, 11) is -2.44. The minimum atomic E-state index is -3.93. The molecular formula is C23H22O7S. The van der Waals surface area contributed by atoms with Gasteiger partial charge in [0.05, 0.1) is 12.0 Å². The molecule has 0 saturated heterocycles. The Morgan fingerprint density at radius 2 is 1.77 bits per heavy atom. The van der Waals surface area contributed by atoms with Crippen LogP contribution in [0.3, 0.4) is 0 Å². The molecule has 1 saturated carbocycles. The molecule has 0 amide bonds. The molecular weight excluding hydrogens is 420 g/mol. The van der Waals surface area contributed by atoms with Gasteiger partial charge in [0.25, 0.3) is 0 Å². The summed E-state index contributed by atoms with van der Waals surface area (Å²) in [6, 6.07) is 14.2. The number of benzene rings is 2. The molecule has 0 spiro atoms. The van der Waals surface area contributed by atoms with Crippen LogP contribution in [0.4, 0.5) is 0 Å². The number of carbonyl (C=O) groups is 1. The molecule has 0 bridgehead atoms. The average Bonchev–Trinajstić information content (AvgIpc) is 3.29. The number of hydrogen-bond donors (Lipinski definition) is 0. The minimum absolute atomic E-state index is 0.103. The first kappa shape index (κ1) is 21.1. The molecule has 2 aromatic carbocycles. The van der Waals surface area contributed by atoms with E-state index in [0.29, 0.717) is 35.1 Å². The van der Waals surface area contributed by atoms with E-state index >= 15 is 0 Å². The van der Waals surface area contributed by atoms with Gasteiger partial charge in [-0.25, -0.2) is 13.2 Å². The minimum Gasteiger partial charge on any atom is -0.497 e. The fourth-order valence-corrected chi connectivity index (χ4v) is 6.16. The van der Waals surface area contributed by atoms with Gasteiger partial charge in [0.2, 0.25) is 0 Å². The van der Waals surface area contributed by atoms with Crippen molar-refractivity contribution in [3.8, 4) is 5.75 Å². The Morgan fingerprint density at radius 3 is 2.45 bits per heavy atom. The van der Waals surface area contributed by atoms with E-state index < -0.39 is 26.2 Å². The Bertz CT molecular complexity index is 1270. The average molecular weight is 442 g/mol. The number of fused-ring (bicyclic) bond motifs is 1. The van der Waals surface area contributed by atoms with Gasteiger partial charge >= 0.3 is 11.6 Å². The summed E-state index contributed by atoms with van der Waals surface area (Å²) in [4.78, 5) is 25.2. The zero-order valence-corrected chi connectivity index (χ0v) is 17.8. The van der Waals surface area contributed by atoms with Crippen LogP contribution in [0.5, 0.6) is 5.75 Å². The van der Waals surface area contributed by atoms with Crippen LogP contribution in [0, 0.1) is 0 Å². The maximum absolute atomic E-state index is 13.4. The van der Waals surface area contributed by atoms with Crippen molar-refractivity contribution in [3.05, 3.63) is 70.6 Å². The predicted octanol–water partition coefficient (Wildman–Crippen LogP) is 3.63. The molecule has 3 aromatic rings. The molecule has 1 aliphatic rings. The highest BCUT2D eigenvalue weighted by Crippen LogP contribution is 2.41. The lowest BCUT2D eigenvalue weighted by Gasteiger charge is -2.26. The molecule has 162 valence electrons. The molecule has 0 N–H and O–H groups in total. The van der Waals surface area contributed by atoms with E-state index in [1.807, 2.05) is 0 Å². The Morgan fingerprint density at radius 1 is 1.06 bits per heavy atom. The summed E-state index contributed by atoms with van der Waals surface area (Å²) in [5.41, 5.74) is 0.136. The van der Waals surface area contributed by atoms with E-state index in [1.54, 1.807) is 36.4 Å². The second-order valence-corrected chi connectivity index (χ2v) is 9.81. The lowest BCUT2D eigenvalue weighted by atomic mass is 10.1. The Labute approximate surface area is 179 Å². The van der Waals surface area contributed by atoms with Crippen molar-refractivity contribution < 1.29 is 27.1 Å².